The molecule has 3 nitrogen and oxygen atoms in total. The van der Waals surface area contributed by atoms with Gasteiger partial charge in [0.25, 0.3) is 0 Å². The van der Waals surface area contributed by atoms with E-state index in [0.717, 1.165) is 30.5 Å². The normalized spacial score (nSPS) is 25.2. The molecule has 0 fully saturated rings. The smallest absolute Gasteiger partial charge is 0.182 e. The Bertz CT molecular complexity index is 291. The molecule has 1 heterocycles. The first kappa shape index (κ1) is 17.4. The van der Waals surface area contributed by atoms with E-state index in [1.807, 2.05) is 6.08 Å². The van der Waals surface area contributed by atoms with Crippen LogP contribution in [0.25, 0.3) is 0 Å². The van der Waals surface area contributed by atoms with Crippen molar-refractivity contribution in [1.29, 1.82) is 0 Å². The van der Waals surface area contributed by atoms with Gasteiger partial charge in [-0.25, -0.2) is 4.99 Å². The summed E-state index contributed by atoms with van der Waals surface area (Å²) in [4.78, 5) is 4.66. The van der Waals surface area contributed by atoms with Crippen molar-refractivity contribution in [2.45, 2.75) is 64.5 Å². The van der Waals surface area contributed by atoms with Gasteiger partial charge in [0.15, 0.2) is 6.17 Å². The molecule has 20 heavy (non-hydrogen) atoms. The zero-order valence-electron chi connectivity index (χ0n) is 13.3. The third kappa shape index (κ3) is 5.37. The number of unbranched alkanes of at least 4 members (excludes halogenated alkanes) is 6. The summed E-state index contributed by atoms with van der Waals surface area (Å²) in [5, 5.41) is 9.27. The van der Waals surface area contributed by atoms with Crippen molar-refractivity contribution in [2.75, 3.05) is 26.2 Å². The molecule has 2 atom stereocenters. The molecule has 0 aromatic carbocycles. The Labute approximate surface area is 125 Å². The van der Waals surface area contributed by atoms with Crippen LogP contribution in [0.2, 0.25) is 0 Å². The molecule has 0 bridgehead atoms. The van der Waals surface area contributed by atoms with Crippen LogP contribution in [0.5, 0.6) is 0 Å². The predicted octanol–water partition coefficient (Wildman–Crippen LogP) is 3.53. The zero-order valence-corrected chi connectivity index (χ0v) is 13.3. The maximum absolute atomic E-state index is 9.27. The van der Waals surface area contributed by atoms with E-state index < -0.39 is 0 Å². The molecule has 3 heteroatoms. The van der Waals surface area contributed by atoms with Gasteiger partial charge in [-0.3, -0.25) is 4.48 Å². The van der Waals surface area contributed by atoms with Crippen LogP contribution in [0.15, 0.2) is 17.6 Å². The lowest BCUT2D eigenvalue weighted by atomic mass is 10.1. The van der Waals surface area contributed by atoms with Gasteiger partial charge in [0.05, 0.1) is 19.4 Å². The molecule has 2 unspecified atom stereocenters. The van der Waals surface area contributed by atoms with E-state index in [1.54, 1.807) is 0 Å². The fourth-order valence-corrected chi connectivity index (χ4v) is 3.20. The van der Waals surface area contributed by atoms with Crippen LogP contribution in [0.3, 0.4) is 0 Å². The minimum atomic E-state index is 0.275. The quantitative estimate of drug-likeness (QED) is 0.331. The Balaban J connectivity index is 2.14. The number of aliphatic hydroxyl groups excluding tert-OH is 1. The minimum Gasteiger partial charge on any atom is -0.391 e. The van der Waals surface area contributed by atoms with Crippen molar-refractivity contribution in [3.05, 3.63) is 12.7 Å². The molecular formula is C17H33N2O+. The number of likely N-dealkylation sites (N-methyl/N-ethyl adjacent to an activating group) is 1. The third-order valence-corrected chi connectivity index (χ3v) is 4.65. The summed E-state index contributed by atoms with van der Waals surface area (Å²) in [6, 6.07) is 0. The largest absolute Gasteiger partial charge is 0.391 e. The van der Waals surface area contributed by atoms with Gasteiger partial charge in [0.1, 0.15) is 13.1 Å². The highest BCUT2D eigenvalue weighted by Crippen LogP contribution is 2.24. The lowest BCUT2D eigenvalue weighted by Crippen LogP contribution is -2.53. The van der Waals surface area contributed by atoms with Crippen LogP contribution >= 0.6 is 0 Å². The van der Waals surface area contributed by atoms with Gasteiger partial charge in [0, 0.05) is 6.42 Å². The molecule has 116 valence electrons. The highest BCUT2D eigenvalue weighted by Gasteiger charge is 2.36. The van der Waals surface area contributed by atoms with Gasteiger partial charge in [-0.15, -0.1) is 6.58 Å². The van der Waals surface area contributed by atoms with Crippen LogP contribution in [-0.4, -0.2) is 48.2 Å². The first-order valence-corrected chi connectivity index (χ1v) is 8.38. The second-order valence-electron chi connectivity index (χ2n) is 5.96. The maximum atomic E-state index is 9.27. The lowest BCUT2D eigenvalue weighted by molar-refractivity contribution is -0.936. The summed E-state index contributed by atoms with van der Waals surface area (Å²) in [7, 11) is 0. The van der Waals surface area contributed by atoms with Crippen LogP contribution in [0, 0.1) is 0 Å². The first-order chi connectivity index (χ1) is 9.79. The fourth-order valence-electron chi connectivity index (χ4n) is 3.20. The van der Waals surface area contributed by atoms with E-state index in [2.05, 4.69) is 24.7 Å². The van der Waals surface area contributed by atoms with E-state index in [-0.39, 0.29) is 6.61 Å². The molecule has 0 saturated heterocycles. The van der Waals surface area contributed by atoms with Crippen molar-refractivity contribution in [1.82, 2.24) is 0 Å². The fraction of sp³-hybridized carbons (Fsp3) is 0.824. The Kier molecular flexibility index (Phi) is 8.79. The van der Waals surface area contributed by atoms with Crippen molar-refractivity contribution < 1.29 is 9.59 Å². The Morgan fingerprint density at radius 2 is 1.95 bits per heavy atom. The van der Waals surface area contributed by atoms with E-state index in [9.17, 15) is 5.11 Å². The number of aliphatic hydroxyl groups is 1. The molecule has 1 rings (SSSR count). The van der Waals surface area contributed by atoms with Crippen molar-refractivity contribution in [2.24, 2.45) is 4.99 Å². The first-order valence-electron chi connectivity index (χ1n) is 8.38. The summed E-state index contributed by atoms with van der Waals surface area (Å²) in [6.45, 7) is 9.18. The topological polar surface area (TPSA) is 32.6 Å². The standard InChI is InChI=1S/C17H33N2O/c1-3-5-6-7-8-9-10-11-12-17-18-13-14-19(17,4-2)15-16-20/h3,13,17,20H,1,4-12,14-16H2,2H3/q+1. The van der Waals surface area contributed by atoms with Gasteiger partial charge in [-0.1, -0.05) is 31.8 Å². The summed E-state index contributed by atoms with van der Waals surface area (Å²) >= 11 is 0. The van der Waals surface area contributed by atoms with Crippen molar-refractivity contribution in [3.8, 4) is 0 Å². The summed E-state index contributed by atoms with van der Waals surface area (Å²) in [5.41, 5.74) is 0. The highest BCUT2D eigenvalue weighted by molar-refractivity contribution is 5.60. The summed E-state index contributed by atoms with van der Waals surface area (Å²) in [5.74, 6) is 0. The minimum absolute atomic E-state index is 0.275. The lowest BCUT2D eigenvalue weighted by Gasteiger charge is -2.37. The van der Waals surface area contributed by atoms with Gasteiger partial charge in [-0.2, -0.15) is 0 Å². The number of rotatable bonds is 12. The Morgan fingerprint density at radius 3 is 2.60 bits per heavy atom. The molecule has 0 aliphatic carbocycles. The van der Waals surface area contributed by atoms with Gasteiger partial charge in [0.2, 0.25) is 0 Å². The third-order valence-electron chi connectivity index (χ3n) is 4.65. The number of nitrogens with zero attached hydrogens (tertiary/aromatic N) is 2. The Morgan fingerprint density at radius 1 is 1.25 bits per heavy atom. The van der Waals surface area contributed by atoms with Gasteiger partial charge >= 0.3 is 0 Å². The average molecular weight is 281 g/mol. The number of hydrogen-bond donors (Lipinski definition) is 1. The molecule has 0 saturated carbocycles. The molecule has 0 aromatic rings. The predicted molar refractivity (Wildman–Crippen MR) is 87.0 cm³/mol. The van der Waals surface area contributed by atoms with Gasteiger partial charge in [-0.05, 0) is 26.2 Å². The molecule has 1 aliphatic rings. The number of aliphatic imine (C=N–C) groups is 1. The molecule has 0 radical (unpaired) electrons. The molecule has 0 amide bonds. The highest BCUT2D eigenvalue weighted by atomic mass is 16.3. The van der Waals surface area contributed by atoms with Crippen molar-refractivity contribution in [3.63, 3.8) is 0 Å². The van der Waals surface area contributed by atoms with E-state index in [4.69, 9.17) is 0 Å². The second kappa shape index (κ2) is 10.1. The van der Waals surface area contributed by atoms with Crippen LogP contribution < -0.4 is 0 Å². The molecule has 0 aromatic heterocycles. The van der Waals surface area contributed by atoms with Gasteiger partial charge < -0.3 is 5.11 Å². The second-order valence-corrected chi connectivity index (χ2v) is 5.96. The monoisotopic (exact) mass is 281 g/mol. The summed E-state index contributed by atoms with van der Waals surface area (Å²) in [6.07, 6.45) is 14.7. The summed E-state index contributed by atoms with van der Waals surface area (Å²) < 4.78 is 0.968. The van der Waals surface area contributed by atoms with E-state index in [1.165, 1.54) is 44.9 Å². The number of quaternary nitrogens is 1. The number of allylic oxidation sites excluding steroid dienone is 1. The zero-order chi connectivity index (χ0) is 14.7. The van der Waals surface area contributed by atoms with E-state index in [0.29, 0.717) is 6.17 Å². The average Bonchev–Trinajstić information content (AvgIpc) is 2.86. The van der Waals surface area contributed by atoms with Crippen LogP contribution in [0.1, 0.15) is 58.3 Å². The van der Waals surface area contributed by atoms with Crippen molar-refractivity contribution >= 4 is 6.21 Å². The molecule has 1 N–H and O–H groups in total. The van der Waals surface area contributed by atoms with Crippen LogP contribution in [0.4, 0.5) is 0 Å². The molecular weight excluding hydrogens is 248 g/mol. The SMILES string of the molecule is C=CCCCCCCCCC1N=CC[N+]1(CC)CCO. The van der Waals surface area contributed by atoms with E-state index >= 15 is 0 Å². The molecule has 0 spiro atoms. The van der Waals surface area contributed by atoms with Crippen LogP contribution in [-0.2, 0) is 0 Å². The maximum Gasteiger partial charge on any atom is 0.182 e. The molecule has 1 aliphatic heterocycles. The Hall–Kier alpha value is -0.670. The number of hydrogen-bond acceptors (Lipinski definition) is 2.